The summed E-state index contributed by atoms with van der Waals surface area (Å²) in [6, 6.07) is 0. The summed E-state index contributed by atoms with van der Waals surface area (Å²) >= 11 is 0. The Morgan fingerprint density at radius 1 is 1.06 bits per heavy atom. The number of aldehydes is 1. The lowest BCUT2D eigenvalue weighted by atomic mass is 9.94. The molecule has 1 nitrogen and oxygen atoms in total. The van der Waals surface area contributed by atoms with Gasteiger partial charge >= 0.3 is 0 Å². The van der Waals surface area contributed by atoms with Gasteiger partial charge in [0.2, 0.25) is 0 Å². The van der Waals surface area contributed by atoms with E-state index in [4.69, 9.17) is 0 Å². The average Bonchev–Trinajstić information content (AvgIpc) is 2.22. The number of hydrogen-bond acceptors (Lipinski definition) is 1. The van der Waals surface area contributed by atoms with Crippen LogP contribution in [-0.2, 0) is 4.79 Å². The molecule has 2 atom stereocenters. The van der Waals surface area contributed by atoms with Gasteiger partial charge in [-0.1, -0.05) is 39.8 Å². The van der Waals surface area contributed by atoms with Crippen molar-refractivity contribution in [2.75, 3.05) is 0 Å². The Morgan fingerprint density at radius 3 is 2.19 bits per heavy atom. The van der Waals surface area contributed by atoms with Gasteiger partial charge in [0, 0.05) is 5.92 Å². The number of hydrogen-bond donors (Lipinski definition) is 0. The molecule has 0 rings (SSSR count). The topological polar surface area (TPSA) is 17.1 Å². The first-order valence-electron chi connectivity index (χ1n) is 6.18. The number of rotatable bonds is 8. The summed E-state index contributed by atoms with van der Waals surface area (Å²) in [6.45, 7) is 8.82. The summed E-state index contributed by atoms with van der Waals surface area (Å²) in [6.07, 6.45) is 10.0. The third-order valence-electron chi connectivity index (χ3n) is 3.08. The molecule has 2 heteroatoms. The minimum atomic E-state index is 0. The molecule has 0 aliphatic carbocycles. The molecule has 0 bridgehead atoms. The molecule has 0 aromatic carbocycles. The van der Waals surface area contributed by atoms with Crippen LogP contribution in [0.3, 0.4) is 0 Å². The molecule has 0 aromatic heterocycles. The Kier molecular flexibility index (Phi) is 12.8. The minimum absolute atomic E-state index is 0. The molecule has 0 heterocycles. The maximum absolute atomic E-state index is 10.4. The lowest BCUT2D eigenvalue weighted by Crippen LogP contribution is -2.01. The highest BCUT2D eigenvalue weighted by atomic mass is 32.1. The van der Waals surface area contributed by atoms with Crippen molar-refractivity contribution >= 4 is 19.8 Å². The largest absolute Gasteiger partial charge is 0.303 e. The van der Waals surface area contributed by atoms with Crippen molar-refractivity contribution in [1.82, 2.24) is 0 Å². The zero-order valence-electron chi connectivity index (χ0n) is 11.2. The van der Waals surface area contributed by atoms with Crippen LogP contribution in [-0.4, -0.2) is 6.29 Å². The predicted octanol–water partition coefficient (Wildman–Crippen LogP) is 4.34. The molecule has 0 saturated carbocycles. The van der Waals surface area contributed by atoms with Gasteiger partial charge in [0.05, 0.1) is 0 Å². The minimum Gasteiger partial charge on any atom is -0.303 e. The highest BCUT2D eigenvalue weighted by molar-refractivity contribution is 7.59. The van der Waals surface area contributed by atoms with Crippen LogP contribution in [0.1, 0.15) is 53.4 Å². The van der Waals surface area contributed by atoms with Crippen molar-refractivity contribution in [3.63, 3.8) is 0 Å². The molecule has 16 heavy (non-hydrogen) atoms. The Hall–Kier alpha value is -0.240. The van der Waals surface area contributed by atoms with E-state index in [1.807, 2.05) is 6.92 Å². The van der Waals surface area contributed by atoms with Gasteiger partial charge in [0.15, 0.2) is 0 Å². The van der Waals surface area contributed by atoms with Gasteiger partial charge in [0.1, 0.15) is 6.29 Å². The summed E-state index contributed by atoms with van der Waals surface area (Å²) in [7, 11) is 0. The molecular formula is C14H28OS. The Bertz CT molecular complexity index is 187. The second-order valence-electron chi connectivity index (χ2n) is 4.97. The third-order valence-corrected chi connectivity index (χ3v) is 3.08. The molecule has 0 radical (unpaired) electrons. The normalized spacial score (nSPS) is 14.8. The molecule has 0 N–H and O–H groups in total. The van der Waals surface area contributed by atoms with Crippen LogP contribution >= 0.6 is 13.5 Å². The van der Waals surface area contributed by atoms with E-state index in [-0.39, 0.29) is 19.4 Å². The summed E-state index contributed by atoms with van der Waals surface area (Å²) in [5.74, 6) is 1.77. The molecule has 0 spiro atoms. The standard InChI is InChI=1S/C14H26O.H2S/c1-12(2)14(4)10-8-6-5-7-9-13(3)11-15;/h6,8,11-14H,5,7,9-10H2,1-4H3;1H2/b8-6-;/t13-,14-;/m0./s1. The van der Waals surface area contributed by atoms with Crippen molar-refractivity contribution in [1.29, 1.82) is 0 Å². The first-order valence-corrected chi connectivity index (χ1v) is 6.18. The molecule has 0 aromatic rings. The summed E-state index contributed by atoms with van der Waals surface area (Å²) in [5, 5.41) is 0. The molecule has 0 aliphatic heterocycles. The second kappa shape index (κ2) is 11.3. The van der Waals surface area contributed by atoms with Crippen LogP contribution in [0.25, 0.3) is 0 Å². The summed E-state index contributed by atoms with van der Waals surface area (Å²) in [5.41, 5.74) is 0. The van der Waals surface area contributed by atoms with E-state index >= 15 is 0 Å². The zero-order chi connectivity index (χ0) is 11.7. The first kappa shape index (κ1) is 18.1. The monoisotopic (exact) mass is 244 g/mol. The maximum atomic E-state index is 10.4. The highest BCUT2D eigenvalue weighted by Gasteiger charge is 2.03. The smallest absolute Gasteiger partial charge is 0.122 e. The van der Waals surface area contributed by atoms with Crippen molar-refractivity contribution < 1.29 is 4.79 Å². The molecule has 0 amide bonds. The van der Waals surface area contributed by atoms with Gasteiger partial charge < -0.3 is 4.79 Å². The van der Waals surface area contributed by atoms with Crippen LogP contribution in [0.15, 0.2) is 12.2 Å². The fraction of sp³-hybridized carbons (Fsp3) is 0.786. The fourth-order valence-corrected chi connectivity index (χ4v) is 1.33. The molecule has 0 unspecified atom stereocenters. The lowest BCUT2D eigenvalue weighted by Gasteiger charge is -2.12. The van der Waals surface area contributed by atoms with Crippen LogP contribution in [0.5, 0.6) is 0 Å². The van der Waals surface area contributed by atoms with Gasteiger partial charge in [-0.25, -0.2) is 0 Å². The number of unbranched alkanes of at least 4 members (excludes halogenated alkanes) is 1. The zero-order valence-corrected chi connectivity index (χ0v) is 12.2. The van der Waals surface area contributed by atoms with E-state index < -0.39 is 0 Å². The molecule has 0 fully saturated rings. The molecule has 0 aliphatic rings. The lowest BCUT2D eigenvalue weighted by molar-refractivity contribution is -0.110. The van der Waals surface area contributed by atoms with Gasteiger partial charge in [-0.3, -0.25) is 0 Å². The van der Waals surface area contributed by atoms with Gasteiger partial charge in [-0.05, 0) is 37.5 Å². The van der Waals surface area contributed by atoms with Gasteiger partial charge in [-0.15, -0.1) is 0 Å². The van der Waals surface area contributed by atoms with E-state index in [0.717, 1.165) is 37.4 Å². The fourth-order valence-electron chi connectivity index (χ4n) is 1.33. The van der Waals surface area contributed by atoms with Crippen LogP contribution in [0.4, 0.5) is 0 Å². The third kappa shape index (κ3) is 10.3. The summed E-state index contributed by atoms with van der Waals surface area (Å²) in [4.78, 5) is 10.4. The van der Waals surface area contributed by atoms with Crippen molar-refractivity contribution in [2.45, 2.75) is 53.4 Å². The second-order valence-corrected chi connectivity index (χ2v) is 4.97. The number of carbonyl (C=O) groups is 1. The maximum Gasteiger partial charge on any atom is 0.122 e. The molecule has 96 valence electrons. The predicted molar refractivity (Wildman–Crippen MR) is 77.2 cm³/mol. The van der Waals surface area contributed by atoms with E-state index in [2.05, 4.69) is 32.9 Å². The Balaban J connectivity index is 0. The van der Waals surface area contributed by atoms with Crippen molar-refractivity contribution in [3.8, 4) is 0 Å². The van der Waals surface area contributed by atoms with Crippen molar-refractivity contribution in [2.24, 2.45) is 17.8 Å². The number of carbonyl (C=O) groups excluding carboxylic acids is 1. The number of allylic oxidation sites excluding steroid dienone is 2. The van der Waals surface area contributed by atoms with Crippen LogP contribution in [0, 0.1) is 17.8 Å². The van der Waals surface area contributed by atoms with E-state index in [0.29, 0.717) is 0 Å². The molecular weight excluding hydrogens is 216 g/mol. The van der Waals surface area contributed by atoms with Gasteiger partial charge in [-0.2, -0.15) is 13.5 Å². The molecule has 0 saturated heterocycles. The van der Waals surface area contributed by atoms with E-state index in [1.54, 1.807) is 0 Å². The highest BCUT2D eigenvalue weighted by Crippen LogP contribution is 2.14. The van der Waals surface area contributed by atoms with Crippen molar-refractivity contribution in [3.05, 3.63) is 12.2 Å². The van der Waals surface area contributed by atoms with E-state index in [9.17, 15) is 4.79 Å². The van der Waals surface area contributed by atoms with Gasteiger partial charge in [0.25, 0.3) is 0 Å². The van der Waals surface area contributed by atoms with Crippen LogP contribution in [0.2, 0.25) is 0 Å². The van der Waals surface area contributed by atoms with E-state index in [1.165, 1.54) is 6.42 Å². The quantitative estimate of drug-likeness (QED) is 0.352. The average molecular weight is 244 g/mol. The Labute approximate surface area is 108 Å². The SMILES string of the molecule is CC(C)[C@@H](C)C/C=C\CCC[C@H](C)C=O.S. The summed E-state index contributed by atoms with van der Waals surface area (Å²) < 4.78 is 0. The first-order chi connectivity index (χ1) is 7.07. The Morgan fingerprint density at radius 2 is 1.69 bits per heavy atom. The van der Waals surface area contributed by atoms with Crippen LogP contribution < -0.4 is 0 Å².